The Morgan fingerprint density at radius 3 is 1.74 bits per heavy atom. The molecular formula is C25H25FN2O4S2. The summed E-state index contributed by atoms with van der Waals surface area (Å²) < 4.78 is 69.3. The number of allylic oxidation sites excluding steroid dienone is 1. The molecule has 0 fully saturated rings. The number of halogens is 1. The third-order valence-electron chi connectivity index (χ3n) is 5.67. The number of nitrogens with zero attached hydrogens (tertiary/aromatic N) is 2. The Morgan fingerprint density at radius 1 is 0.706 bits per heavy atom. The largest absolute Gasteiger partial charge is 0.270 e. The maximum Gasteiger partial charge on any atom is 0.264 e. The minimum atomic E-state index is -3.93. The highest BCUT2D eigenvalue weighted by Gasteiger charge is 2.34. The lowest BCUT2D eigenvalue weighted by atomic mass is 10.1. The normalized spacial score (nSPS) is 14.7. The first-order chi connectivity index (χ1) is 16.1. The van der Waals surface area contributed by atoms with Crippen LogP contribution in [-0.2, 0) is 26.5 Å². The van der Waals surface area contributed by atoms with Gasteiger partial charge < -0.3 is 0 Å². The van der Waals surface area contributed by atoms with Crippen LogP contribution in [0.25, 0.3) is 0 Å². The highest BCUT2D eigenvalue weighted by atomic mass is 32.2. The van der Waals surface area contributed by atoms with E-state index in [-0.39, 0.29) is 35.0 Å². The highest BCUT2D eigenvalue weighted by molar-refractivity contribution is 7.89. The smallest absolute Gasteiger partial charge is 0.264 e. The van der Waals surface area contributed by atoms with Gasteiger partial charge in [0.05, 0.1) is 28.6 Å². The van der Waals surface area contributed by atoms with E-state index >= 15 is 0 Å². The first-order valence-corrected chi connectivity index (χ1v) is 13.6. The molecule has 0 spiro atoms. The Kier molecular flexibility index (Phi) is 6.51. The van der Waals surface area contributed by atoms with Crippen LogP contribution < -0.4 is 0 Å². The monoisotopic (exact) mass is 500 g/mol. The van der Waals surface area contributed by atoms with Crippen LogP contribution in [0.4, 0.5) is 4.39 Å². The summed E-state index contributed by atoms with van der Waals surface area (Å²) >= 11 is 0. The zero-order chi connectivity index (χ0) is 24.5. The molecule has 3 aromatic carbocycles. The van der Waals surface area contributed by atoms with E-state index in [9.17, 15) is 21.2 Å². The van der Waals surface area contributed by atoms with Crippen molar-refractivity contribution >= 4 is 20.0 Å². The molecule has 1 aliphatic rings. The Labute approximate surface area is 200 Å². The minimum absolute atomic E-state index is 0.0335. The first kappa shape index (κ1) is 24.0. The van der Waals surface area contributed by atoms with Crippen LogP contribution in [0.1, 0.15) is 16.7 Å². The molecule has 1 aliphatic heterocycles. The summed E-state index contributed by atoms with van der Waals surface area (Å²) in [5, 5.41) is 0. The Balaban J connectivity index is 1.76. The van der Waals surface area contributed by atoms with Gasteiger partial charge in [-0.2, -0.15) is 0 Å². The van der Waals surface area contributed by atoms with Crippen molar-refractivity contribution in [3.63, 3.8) is 0 Å². The maximum atomic E-state index is 13.5. The molecule has 0 saturated heterocycles. The maximum absolute atomic E-state index is 13.5. The molecule has 34 heavy (non-hydrogen) atoms. The van der Waals surface area contributed by atoms with Gasteiger partial charge in [0.2, 0.25) is 0 Å². The second kappa shape index (κ2) is 9.23. The number of hydrogen-bond acceptors (Lipinski definition) is 4. The van der Waals surface area contributed by atoms with Crippen molar-refractivity contribution in [2.24, 2.45) is 0 Å². The molecule has 3 aromatic rings. The van der Waals surface area contributed by atoms with Gasteiger partial charge in [0.15, 0.2) is 0 Å². The third-order valence-corrected chi connectivity index (χ3v) is 9.31. The number of hydrogen-bond donors (Lipinski definition) is 0. The predicted octanol–water partition coefficient (Wildman–Crippen LogP) is 4.22. The van der Waals surface area contributed by atoms with Crippen LogP contribution in [0.5, 0.6) is 0 Å². The zero-order valence-corrected chi connectivity index (χ0v) is 20.5. The van der Waals surface area contributed by atoms with Crippen LogP contribution in [0.15, 0.2) is 94.5 Å². The topological polar surface area (TPSA) is 74.8 Å². The summed E-state index contributed by atoms with van der Waals surface area (Å²) in [5.74, 6) is -0.408. The van der Waals surface area contributed by atoms with Crippen LogP contribution in [0.3, 0.4) is 0 Å². The molecule has 0 aliphatic carbocycles. The lowest BCUT2D eigenvalue weighted by Crippen LogP contribution is -2.44. The van der Waals surface area contributed by atoms with E-state index in [0.717, 1.165) is 11.1 Å². The Hall–Kier alpha value is -3.17. The quantitative estimate of drug-likeness (QED) is 0.508. The van der Waals surface area contributed by atoms with E-state index in [0.29, 0.717) is 5.56 Å². The van der Waals surface area contributed by atoms with Gasteiger partial charge in [0.1, 0.15) is 5.82 Å². The minimum Gasteiger partial charge on any atom is -0.270 e. The van der Waals surface area contributed by atoms with Crippen molar-refractivity contribution in [3.8, 4) is 0 Å². The highest BCUT2D eigenvalue weighted by Crippen LogP contribution is 2.29. The Morgan fingerprint density at radius 2 is 1.21 bits per heavy atom. The average molecular weight is 501 g/mol. The van der Waals surface area contributed by atoms with Gasteiger partial charge >= 0.3 is 0 Å². The average Bonchev–Trinajstić information content (AvgIpc) is 2.81. The summed E-state index contributed by atoms with van der Waals surface area (Å²) in [6, 6.07) is 18.7. The first-order valence-electron chi connectivity index (χ1n) is 10.7. The van der Waals surface area contributed by atoms with Crippen molar-refractivity contribution in [2.45, 2.75) is 30.1 Å². The molecule has 0 bridgehead atoms. The van der Waals surface area contributed by atoms with Gasteiger partial charge in [-0.05, 0) is 55.8 Å². The van der Waals surface area contributed by atoms with Gasteiger partial charge in [-0.25, -0.2) is 21.2 Å². The number of sulfonamides is 2. The summed E-state index contributed by atoms with van der Waals surface area (Å²) in [4.78, 5) is 0.253. The van der Waals surface area contributed by atoms with Crippen molar-refractivity contribution in [1.82, 2.24) is 8.61 Å². The molecule has 1 heterocycles. The second-order valence-electron chi connectivity index (χ2n) is 8.24. The Bertz CT molecular complexity index is 1420. The van der Waals surface area contributed by atoms with Crippen molar-refractivity contribution in [2.75, 3.05) is 13.1 Å². The van der Waals surface area contributed by atoms with Crippen LogP contribution in [-0.4, -0.2) is 38.5 Å². The van der Waals surface area contributed by atoms with E-state index in [1.807, 2.05) is 13.8 Å². The number of benzene rings is 3. The summed E-state index contributed by atoms with van der Waals surface area (Å²) in [7, 11) is -7.80. The summed E-state index contributed by atoms with van der Waals surface area (Å²) in [6.45, 7) is 3.65. The van der Waals surface area contributed by atoms with Crippen molar-refractivity contribution in [3.05, 3.63) is 107 Å². The molecule has 0 aromatic heterocycles. The molecule has 9 heteroatoms. The number of aryl methyl sites for hydroxylation is 2. The van der Waals surface area contributed by atoms with E-state index in [1.54, 1.807) is 36.4 Å². The van der Waals surface area contributed by atoms with E-state index in [4.69, 9.17) is 0 Å². The SMILES string of the molecule is Cc1ccc(S(=O)(=O)N2C=C(Cc3ccc(F)cc3)N(S(=O)(=O)c3ccc(C)cc3)CC2)cc1. The summed E-state index contributed by atoms with van der Waals surface area (Å²) in [5.41, 5.74) is 2.80. The molecule has 0 radical (unpaired) electrons. The molecule has 0 atom stereocenters. The number of rotatable bonds is 6. The van der Waals surface area contributed by atoms with E-state index in [1.165, 1.54) is 51.2 Å². The fraction of sp³-hybridized carbons (Fsp3) is 0.200. The molecule has 178 valence electrons. The van der Waals surface area contributed by atoms with Gasteiger partial charge in [0.25, 0.3) is 20.0 Å². The van der Waals surface area contributed by atoms with Crippen LogP contribution in [0, 0.1) is 19.7 Å². The fourth-order valence-electron chi connectivity index (χ4n) is 3.72. The second-order valence-corrected chi connectivity index (χ2v) is 12.0. The molecule has 0 saturated carbocycles. The predicted molar refractivity (Wildman–Crippen MR) is 128 cm³/mol. The van der Waals surface area contributed by atoms with E-state index < -0.39 is 25.9 Å². The standard InChI is InChI=1S/C25H25FN2O4S2/c1-19-3-11-24(12-4-19)33(29,30)27-15-16-28(34(31,32)25-13-5-20(2)6-14-25)23(18-27)17-21-7-9-22(26)10-8-21/h3-14,18H,15-17H2,1-2H3. The molecular weight excluding hydrogens is 475 g/mol. The van der Waals surface area contributed by atoms with Gasteiger partial charge in [0, 0.05) is 12.6 Å². The molecule has 0 N–H and O–H groups in total. The molecule has 4 rings (SSSR count). The summed E-state index contributed by atoms with van der Waals surface area (Å²) in [6.07, 6.45) is 1.49. The van der Waals surface area contributed by atoms with Crippen molar-refractivity contribution < 1.29 is 21.2 Å². The van der Waals surface area contributed by atoms with Crippen molar-refractivity contribution in [1.29, 1.82) is 0 Å². The third kappa shape index (κ3) is 4.85. The zero-order valence-electron chi connectivity index (χ0n) is 18.8. The van der Waals surface area contributed by atoms with E-state index in [2.05, 4.69) is 0 Å². The molecule has 0 unspecified atom stereocenters. The lowest BCUT2D eigenvalue weighted by Gasteiger charge is -2.35. The molecule has 0 amide bonds. The van der Waals surface area contributed by atoms with Crippen LogP contribution >= 0.6 is 0 Å². The molecule has 6 nitrogen and oxygen atoms in total. The van der Waals surface area contributed by atoms with Crippen LogP contribution in [0.2, 0.25) is 0 Å². The van der Waals surface area contributed by atoms with Gasteiger partial charge in [-0.3, -0.25) is 8.61 Å². The fourth-order valence-corrected chi connectivity index (χ4v) is 6.53. The van der Waals surface area contributed by atoms with Gasteiger partial charge in [-0.1, -0.05) is 47.5 Å². The van der Waals surface area contributed by atoms with Gasteiger partial charge in [-0.15, -0.1) is 0 Å². The lowest BCUT2D eigenvalue weighted by molar-refractivity contribution is 0.381.